The first-order chi connectivity index (χ1) is 16.2. The highest BCUT2D eigenvalue weighted by Gasteiger charge is 2.69. The Morgan fingerprint density at radius 3 is 2.17 bits per heavy atom. The highest BCUT2D eigenvalue weighted by atomic mass is 16.3. The summed E-state index contributed by atoms with van der Waals surface area (Å²) >= 11 is 0. The number of Topliss-reactive ketones (excluding diaryl/α,β-unsaturated/α-hetero) is 1. The molecule has 6 heteroatoms. The Hall–Kier alpha value is -0.530. The minimum atomic E-state index is -1.57. The summed E-state index contributed by atoms with van der Waals surface area (Å²) in [6.45, 7) is 12.7. The number of hydrogen-bond acceptors (Lipinski definition) is 6. The molecule has 0 spiro atoms. The van der Waals surface area contributed by atoms with Gasteiger partial charge in [0.15, 0.2) is 5.78 Å². The van der Waals surface area contributed by atoms with Gasteiger partial charge in [-0.05, 0) is 78.9 Å². The summed E-state index contributed by atoms with van der Waals surface area (Å²) in [7, 11) is 0. The fourth-order valence-electron chi connectivity index (χ4n) is 9.86. The molecule has 4 aliphatic carbocycles. The molecular weight excluding hydrogens is 444 g/mol. The van der Waals surface area contributed by atoms with Crippen LogP contribution in [0.5, 0.6) is 0 Å². The number of rotatable bonds is 6. The van der Waals surface area contributed by atoms with E-state index in [1.807, 2.05) is 6.92 Å². The van der Waals surface area contributed by atoms with Gasteiger partial charge in [-0.1, -0.05) is 48.0 Å². The van der Waals surface area contributed by atoms with Crippen LogP contribution in [0.4, 0.5) is 0 Å². The van der Waals surface area contributed by atoms with Gasteiger partial charge in [-0.2, -0.15) is 0 Å². The molecule has 0 bridgehead atoms. The van der Waals surface area contributed by atoms with E-state index in [9.17, 15) is 30.3 Å². The van der Waals surface area contributed by atoms with Gasteiger partial charge in [0.1, 0.15) is 5.60 Å². The largest absolute Gasteiger partial charge is 0.390 e. The van der Waals surface area contributed by atoms with Crippen LogP contribution in [-0.4, -0.2) is 61.3 Å². The van der Waals surface area contributed by atoms with Crippen LogP contribution in [0.3, 0.4) is 0 Å². The number of ketones is 1. The van der Waals surface area contributed by atoms with Crippen molar-refractivity contribution >= 4 is 5.78 Å². The summed E-state index contributed by atoms with van der Waals surface area (Å²) in [4.78, 5) is 13.4. The van der Waals surface area contributed by atoms with Gasteiger partial charge in [0.25, 0.3) is 0 Å². The predicted molar refractivity (Wildman–Crippen MR) is 134 cm³/mol. The second-order valence-corrected chi connectivity index (χ2v) is 13.7. The molecule has 13 atom stereocenters. The Morgan fingerprint density at radius 2 is 1.57 bits per heavy atom. The SMILES string of the molecule is CC[C@@H](C(C)C)[C@@H](O)[C@H](O)[C@@H](C)[C@H]1CC[C@H]2[C@@H]3CC(=O)[C@@]4(O)C[C@@H](O)[C@@H](O)C[C@]4(C)[C@H]3CC[C@]12C. The highest BCUT2D eigenvalue weighted by molar-refractivity contribution is 5.89. The van der Waals surface area contributed by atoms with Gasteiger partial charge in [0.05, 0.1) is 24.4 Å². The molecule has 6 nitrogen and oxygen atoms in total. The summed E-state index contributed by atoms with van der Waals surface area (Å²) in [6, 6.07) is 0. The third-order valence-electron chi connectivity index (χ3n) is 12.0. The van der Waals surface area contributed by atoms with Gasteiger partial charge >= 0.3 is 0 Å². The average molecular weight is 495 g/mol. The summed E-state index contributed by atoms with van der Waals surface area (Å²) < 4.78 is 0. The zero-order chi connectivity index (χ0) is 26.1. The fraction of sp³-hybridized carbons (Fsp3) is 0.966. The summed E-state index contributed by atoms with van der Waals surface area (Å²) in [5.41, 5.74) is -2.34. The van der Waals surface area contributed by atoms with Crippen LogP contribution in [0.1, 0.15) is 92.9 Å². The second-order valence-electron chi connectivity index (χ2n) is 13.7. The molecule has 0 aromatic heterocycles. The van der Waals surface area contributed by atoms with E-state index < -0.39 is 35.4 Å². The Balaban J connectivity index is 1.58. The lowest BCUT2D eigenvalue weighted by atomic mass is 9.42. The highest BCUT2D eigenvalue weighted by Crippen LogP contribution is 2.68. The van der Waals surface area contributed by atoms with E-state index in [1.54, 1.807) is 0 Å². The molecule has 0 saturated heterocycles. The van der Waals surface area contributed by atoms with Crippen molar-refractivity contribution in [3.63, 3.8) is 0 Å². The molecular formula is C29H50O6. The van der Waals surface area contributed by atoms with Crippen molar-refractivity contribution in [2.75, 3.05) is 0 Å². The summed E-state index contributed by atoms with van der Waals surface area (Å²) in [6.07, 6.45) is 1.64. The van der Waals surface area contributed by atoms with Gasteiger partial charge in [0, 0.05) is 18.3 Å². The molecule has 0 unspecified atom stereocenters. The monoisotopic (exact) mass is 494 g/mol. The average Bonchev–Trinajstić information content (AvgIpc) is 3.13. The van der Waals surface area contributed by atoms with Crippen molar-refractivity contribution in [1.82, 2.24) is 0 Å². The zero-order valence-electron chi connectivity index (χ0n) is 22.7. The van der Waals surface area contributed by atoms with Crippen LogP contribution >= 0.6 is 0 Å². The smallest absolute Gasteiger partial charge is 0.165 e. The molecule has 4 rings (SSSR count). The minimum absolute atomic E-state index is 0.0281. The molecule has 0 aromatic carbocycles. The van der Waals surface area contributed by atoms with E-state index >= 15 is 0 Å². The van der Waals surface area contributed by atoms with Crippen LogP contribution in [0, 0.1) is 52.3 Å². The van der Waals surface area contributed by atoms with Crippen molar-refractivity contribution in [2.24, 2.45) is 52.3 Å². The maximum Gasteiger partial charge on any atom is 0.165 e. The molecule has 202 valence electrons. The molecule has 5 N–H and O–H groups in total. The maximum atomic E-state index is 13.4. The molecule has 4 saturated carbocycles. The van der Waals surface area contributed by atoms with Crippen molar-refractivity contribution in [3.05, 3.63) is 0 Å². The van der Waals surface area contributed by atoms with Crippen LogP contribution in [-0.2, 0) is 4.79 Å². The number of aliphatic hydroxyl groups is 5. The van der Waals surface area contributed by atoms with E-state index in [0.717, 1.165) is 32.1 Å². The summed E-state index contributed by atoms with van der Waals surface area (Å²) in [5.74, 6) is 1.01. The first-order valence-electron chi connectivity index (χ1n) is 14.2. The first kappa shape index (κ1) is 27.5. The van der Waals surface area contributed by atoms with E-state index in [0.29, 0.717) is 18.3 Å². The van der Waals surface area contributed by atoms with Crippen molar-refractivity contribution in [1.29, 1.82) is 0 Å². The normalized spacial score (nSPS) is 49.1. The van der Waals surface area contributed by atoms with E-state index in [4.69, 9.17) is 0 Å². The summed E-state index contributed by atoms with van der Waals surface area (Å²) in [5, 5.41) is 54.7. The van der Waals surface area contributed by atoms with Gasteiger partial charge < -0.3 is 25.5 Å². The molecule has 4 fully saturated rings. The molecule has 0 heterocycles. The fourth-order valence-corrected chi connectivity index (χ4v) is 9.86. The van der Waals surface area contributed by atoms with E-state index in [-0.39, 0.29) is 53.6 Å². The topological polar surface area (TPSA) is 118 Å². The standard InChI is InChI=1S/C29H50O6/c1-7-17(15(2)3)26(34)25(33)16(4)19-8-9-20-18-12-24(32)29(35)14-23(31)22(30)13-28(29,6)21(18)10-11-27(19,20)5/h15-23,25-26,30-31,33-35H,7-14H2,1-6H3/t16-,17-,18-,19+,20-,21-,22-,23+,25+,26+,27+,28+,29-/m0/s1. The number of fused-ring (bicyclic) bond motifs is 5. The van der Waals surface area contributed by atoms with Gasteiger partial charge in [-0.25, -0.2) is 0 Å². The minimum Gasteiger partial charge on any atom is -0.390 e. The number of carbonyl (C=O) groups excluding carboxylic acids is 1. The maximum absolute atomic E-state index is 13.4. The van der Waals surface area contributed by atoms with Crippen LogP contribution in [0.2, 0.25) is 0 Å². The molecule has 0 amide bonds. The lowest BCUT2D eigenvalue weighted by molar-refractivity contribution is -0.230. The quantitative estimate of drug-likeness (QED) is 0.387. The van der Waals surface area contributed by atoms with E-state index in [1.165, 1.54) is 0 Å². The lowest BCUT2D eigenvalue weighted by Crippen LogP contribution is -2.69. The Bertz CT molecular complexity index is 800. The third-order valence-corrected chi connectivity index (χ3v) is 12.0. The Kier molecular flexibility index (Phi) is 7.34. The zero-order valence-corrected chi connectivity index (χ0v) is 22.7. The molecule has 4 aliphatic rings. The first-order valence-corrected chi connectivity index (χ1v) is 14.2. The van der Waals surface area contributed by atoms with Crippen LogP contribution in [0.15, 0.2) is 0 Å². The molecule has 0 aliphatic heterocycles. The molecule has 0 aromatic rings. The van der Waals surface area contributed by atoms with E-state index in [2.05, 4.69) is 34.6 Å². The Morgan fingerprint density at radius 1 is 0.943 bits per heavy atom. The van der Waals surface area contributed by atoms with Gasteiger partial charge in [0.2, 0.25) is 0 Å². The number of hydrogen-bond donors (Lipinski definition) is 5. The number of carbonyl (C=O) groups is 1. The lowest BCUT2D eigenvalue weighted by Gasteiger charge is -2.63. The van der Waals surface area contributed by atoms with Gasteiger partial charge in [-0.15, -0.1) is 0 Å². The van der Waals surface area contributed by atoms with Crippen molar-refractivity contribution < 1.29 is 30.3 Å². The number of aliphatic hydroxyl groups excluding tert-OH is 4. The van der Waals surface area contributed by atoms with Crippen molar-refractivity contribution in [3.8, 4) is 0 Å². The predicted octanol–water partition coefficient (Wildman–Crippen LogP) is 3.31. The molecule has 0 radical (unpaired) electrons. The molecule has 35 heavy (non-hydrogen) atoms. The van der Waals surface area contributed by atoms with Crippen LogP contribution < -0.4 is 0 Å². The third kappa shape index (κ3) is 3.96. The second kappa shape index (κ2) is 9.34. The van der Waals surface area contributed by atoms with Crippen molar-refractivity contribution in [2.45, 2.75) is 123 Å². The van der Waals surface area contributed by atoms with Gasteiger partial charge in [-0.3, -0.25) is 4.79 Å². The van der Waals surface area contributed by atoms with Crippen LogP contribution in [0.25, 0.3) is 0 Å². The Labute approximate surface area is 211 Å².